The van der Waals surface area contributed by atoms with Gasteiger partial charge in [-0.25, -0.2) is 0 Å². The van der Waals surface area contributed by atoms with Crippen LogP contribution in [0.3, 0.4) is 0 Å². The maximum Gasteiger partial charge on any atom is 0.295 e. The Morgan fingerprint density at radius 2 is 1.67 bits per heavy atom. The van der Waals surface area contributed by atoms with Gasteiger partial charge in [0.15, 0.2) is 11.5 Å². The smallest absolute Gasteiger partial charge is 0.295 e. The minimum atomic E-state index is -0.763. The lowest BCUT2D eigenvalue weighted by atomic mass is 9.95. The van der Waals surface area contributed by atoms with Crippen LogP contribution in [0.5, 0.6) is 17.2 Å². The molecule has 42 heavy (non-hydrogen) atoms. The standard InChI is InChI=1S/C34H48N2O6/c1-7-10-21-41-27-15-12-25(13-16-27)32(37)30-31(36(34(39)33(30)38)20-11-19-35(8-2)9-3)26-14-17-28(29(23-26)40-6)42-22-18-24(4)5/h12-17,23-24,31,37H,7-11,18-22H2,1-6H3/t31-/m1/s1. The van der Waals surface area contributed by atoms with Gasteiger partial charge in [-0.2, -0.15) is 0 Å². The van der Waals surface area contributed by atoms with Crippen LogP contribution in [-0.2, 0) is 9.59 Å². The van der Waals surface area contributed by atoms with Crippen molar-refractivity contribution in [1.29, 1.82) is 0 Å². The van der Waals surface area contributed by atoms with Crippen LogP contribution in [-0.4, -0.2) is 73.1 Å². The number of carbonyl (C=O) groups is 2. The van der Waals surface area contributed by atoms with Crippen molar-refractivity contribution in [1.82, 2.24) is 9.80 Å². The van der Waals surface area contributed by atoms with Gasteiger partial charge in [-0.15, -0.1) is 0 Å². The molecule has 2 aromatic carbocycles. The summed E-state index contributed by atoms with van der Waals surface area (Å²) in [6.07, 6.45) is 3.58. The molecule has 0 radical (unpaired) electrons. The Kier molecular flexibility index (Phi) is 12.7. The number of aliphatic hydroxyl groups excluding tert-OH is 1. The first-order valence-electron chi connectivity index (χ1n) is 15.3. The molecule has 1 atom stereocenters. The highest BCUT2D eigenvalue weighted by Crippen LogP contribution is 2.42. The fraction of sp³-hybridized carbons (Fsp3) is 0.529. The van der Waals surface area contributed by atoms with Gasteiger partial charge in [-0.3, -0.25) is 9.59 Å². The monoisotopic (exact) mass is 580 g/mol. The minimum Gasteiger partial charge on any atom is -0.507 e. The molecule has 8 heteroatoms. The first-order valence-corrected chi connectivity index (χ1v) is 15.3. The second kappa shape index (κ2) is 16.2. The Labute approximate surface area is 251 Å². The van der Waals surface area contributed by atoms with E-state index in [-0.39, 0.29) is 11.3 Å². The number of amides is 1. The van der Waals surface area contributed by atoms with Crippen LogP contribution in [0.15, 0.2) is 48.0 Å². The van der Waals surface area contributed by atoms with Crippen molar-refractivity contribution in [3.05, 3.63) is 59.2 Å². The molecule has 1 saturated heterocycles. The Bertz CT molecular complexity index is 1200. The van der Waals surface area contributed by atoms with Crippen molar-refractivity contribution in [2.24, 2.45) is 5.92 Å². The van der Waals surface area contributed by atoms with Gasteiger partial charge in [0, 0.05) is 12.1 Å². The predicted molar refractivity (Wildman–Crippen MR) is 166 cm³/mol. The minimum absolute atomic E-state index is 0.0676. The van der Waals surface area contributed by atoms with E-state index in [1.54, 1.807) is 42.3 Å². The van der Waals surface area contributed by atoms with Crippen molar-refractivity contribution in [3.8, 4) is 17.2 Å². The van der Waals surface area contributed by atoms with Gasteiger partial charge in [-0.05, 0) is 86.8 Å². The zero-order chi connectivity index (χ0) is 30.6. The van der Waals surface area contributed by atoms with Crippen LogP contribution in [0.1, 0.15) is 77.5 Å². The molecule has 1 amide bonds. The lowest BCUT2D eigenvalue weighted by molar-refractivity contribution is -0.140. The van der Waals surface area contributed by atoms with Crippen LogP contribution >= 0.6 is 0 Å². The number of hydrogen-bond acceptors (Lipinski definition) is 7. The zero-order valence-electron chi connectivity index (χ0n) is 26.2. The van der Waals surface area contributed by atoms with E-state index in [0.717, 1.165) is 38.9 Å². The maximum atomic E-state index is 13.5. The molecule has 0 spiro atoms. The number of benzene rings is 2. The summed E-state index contributed by atoms with van der Waals surface area (Å²) in [6.45, 7) is 14.7. The van der Waals surface area contributed by atoms with Crippen molar-refractivity contribution >= 4 is 17.4 Å². The van der Waals surface area contributed by atoms with E-state index in [0.29, 0.717) is 60.5 Å². The van der Waals surface area contributed by atoms with Gasteiger partial charge >= 0.3 is 0 Å². The van der Waals surface area contributed by atoms with Crippen LogP contribution in [0.2, 0.25) is 0 Å². The van der Waals surface area contributed by atoms with E-state index in [2.05, 4.69) is 39.5 Å². The second-order valence-corrected chi connectivity index (χ2v) is 11.0. The average Bonchev–Trinajstić information content (AvgIpc) is 3.24. The molecule has 8 nitrogen and oxygen atoms in total. The summed E-state index contributed by atoms with van der Waals surface area (Å²) in [7, 11) is 1.57. The Balaban J connectivity index is 2.00. The normalized spacial score (nSPS) is 16.5. The van der Waals surface area contributed by atoms with Crippen LogP contribution in [0, 0.1) is 5.92 Å². The van der Waals surface area contributed by atoms with Crippen LogP contribution in [0.4, 0.5) is 0 Å². The molecule has 1 aliphatic heterocycles. The summed E-state index contributed by atoms with van der Waals surface area (Å²) >= 11 is 0. The molecule has 0 bridgehead atoms. The van der Waals surface area contributed by atoms with Gasteiger partial charge < -0.3 is 29.1 Å². The van der Waals surface area contributed by atoms with Gasteiger partial charge in [0.1, 0.15) is 11.5 Å². The van der Waals surface area contributed by atoms with Gasteiger partial charge in [-0.1, -0.05) is 47.1 Å². The predicted octanol–water partition coefficient (Wildman–Crippen LogP) is 6.45. The van der Waals surface area contributed by atoms with E-state index >= 15 is 0 Å². The van der Waals surface area contributed by atoms with Crippen molar-refractivity contribution in [2.45, 2.75) is 66.3 Å². The van der Waals surface area contributed by atoms with Crippen molar-refractivity contribution in [2.75, 3.05) is 46.5 Å². The summed E-state index contributed by atoms with van der Waals surface area (Å²) in [5.41, 5.74) is 1.19. The molecule has 0 saturated carbocycles. The van der Waals surface area contributed by atoms with Gasteiger partial charge in [0.05, 0.1) is 31.9 Å². The number of unbranched alkanes of at least 4 members (excludes halogenated alkanes) is 1. The SMILES string of the molecule is CCCCOc1ccc(C(O)=C2C(=O)C(=O)N(CCCN(CC)CC)[C@@H]2c2ccc(OCCC(C)C)c(OC)c2)cc1. The first kappa shape index (κ1) is 33.0. The lowest BCUT2D eigenvalue weighted by Gasteiger charge is -2.27. The fourth-order valence-electron chi connectivity index (χ4n) is 5.04. The summed E-state index contributed by atoms with van der Waals surface area (Å²) in [6, 6.07) is 11.7. The number of aliphatic hydroxyl groups is 1. The molecule has 1 fully saturated rings. The number of hydrogen-bond donors (Lipinski definition) is 1. The van der Waals surface area contributed by atoms with E-state index in [4.69, 9.17) is 14.2 Å². The largest absolute Gasteiger partial charge is 0.507 e. The van der Waals surface area contributed by atoms with Crippen molar-refractivity contribution < 1.29 is 28.9 Å². The quantitative estimate of drug-likeness (QED) is 0.0995. The van der Waals surface area contributed by atoms with Gasteiger partial charge in [0.2, 0.25) is 0 Å². The Hall–Kier alpha value is -3.52. The maximum absolute atomic E-state index is 13.5. The number of ether oxygens (including phenoxy) is 3. The zero-order valence-corrected chi connectivity index (χ0v) is 26.2. The number of rotatable bonds is 17. The first-order chi connectivity index (χ1) is 20.2. The van der Waals surface area contributed by atoms with Crippen LogP contribution < -0.4 is 14.2 Å². The molecule has 3 rings (SSSR count). The van der Waals surface area contributed by atoms with Crippen LogP contribution in [0.25, 0.3) is 5.76 Å². The molecule has 230 valence electrons. The number of methoxy groups -OCH3 is 1. The molecule has 2 aromatic rings. The number of Topliss-reactive ketones (excluding diaryl/α,β-unsaturated/α-hetero) is 1. The third kappa shape index (κ3) is 8.28. The van der Waals surface area contributed by atoms with E-state index in [1.807, 2.05) is 12.1 Å². The highest BCUT2D eigenvalue weighted by Gasteiger charge is 2.46. The topological polar surface area (TPSA) is 88.5 Å². The molecular weight excluding hydrogens is 532 g/mol. The molecule has 1 N–H and O–H groups in total. The molecule has 1 aliphatic rings. The third-order valence-corrected chi connectivity index (χ3v) is 7.66. The number of likely N-dealkylation sites (tertiary alicyclic amines) is 1. The summed E-state index contributed by atoms with van der Waals surface area (Å²) < 4.78 is 17.4. The third-order valence-electron chi connectivity index (χ3n) is 7.66. The average molecular weight is 581 g/mol. The highest BCUT2D eigenvalue weighted by molar-refractivity contribution is 6.46. The molecule has 0 unspecified atom stereocenters. The molecule has 0 aliphatic carbocycles. The van der Waals surface area contributed by atoms with Gasteiger partial charge in [0.25, 0.3) is 11.7 Å². The summed E-state index contributed by atoms with van der Waals surface area (Å²) in [5, 5.41) is 11.5. The Morgan fingerprint density at radius 3 is 2.29 bits per heavy atom. The fourth-order valence-corrected chi connectivity index (χ4v) is 5.04. The summed E-state index contributed by atoms with van der Waals surface area (Å²) in [5.74, 6) is 0.782. The number of ketones is 1. The molecular formula is C34H48N2O6. The number of nitrogens with zero attached hydrogens (tertiary/aromatic N) is 2. The second-order valence-electron chi connectivity index (χ2n) is 11.0. The molecule has 0 aromatic heterocycles. The summed E-state index contributed by atoms with van der Waals surface area (Å²) in [4.78, 5) is 30.8. The van der Waals surface area contributed by atoms with Crippen molar-refractivity contribution in [3.63, 3.8) is 0 Å². The lowest BCUT2D eigenvalue weighted by Crippen LogP contribution is -2.33. The van der Waals surface area contributed by atoms with E-state index in [9.17, 15) is 14.7 Å². The number of carbonyl (C=O) groups excluding carboxylic acids is 2. The molecule has 1 heterocycles. The highest BCUT2D eigenvalue weighted by atomic mass is 16.5. The Morgan fingerprint density at radius 1 is 0.952 bits per heavy atom. The van der Waals surface area contributed by atoms with E-state index < -0.39 is 17.7 Å². The van der Waals surface area contributed by atoms with E-state index in [1.165, 1.54) is 0 Å².